The van der Waals surface area contributed by atoms with Gasteiger partial charge < -0.3 is 5.73 Å². The summed E-state index contributed by atoms with van der Waals surface area (Å²) < 4.78 is 59.8. The van der Waals surface area contributed by atoms with Gasteiger partial charge in [-0.15, -0.1) is 0 Å². The van der Waals surface area contributed by atoms with Crippen molar-refractivity contribution >= 4 is 19.7 Å². The van der Waals surface area contributed by atoms with E-state index in [1.54, 1.807) is 0 Å². The fourth-order valence-corrected chi connectivity index (χ4v) is 2.71. The molecule has 1 aromatic rings. The lowest BCUT2D eigenvalue weighted by Crippen LogP contribution is -2.14. The van der Waals surface area contributed by atoms with Crippen molar-refractivity contribution < 1.29 is 21.6 Å². The lowest BCUT2D eigenvalue weighted by molar-refractivity contribution is -0.139. The second-order valence-corrected chi connectivity index (χ2v) is 5.44. The SMILES string of the molecule is NCc1cccc(C(F)(F)F)c1S(=O)(=O)Cl. The van der Waals surface area contributed by atoms with Gasteiger partial charge in [0.25, 0.3) is 9.05 Å². The average Bonchev–Trinajstić information content (AvgIpc) is 2.13. The molecule has 3 nitrogen and oxygen atoms in total. The van der Waals surface area contributed by atoms with E-state index in [2.05, 4.69) is 0 Å². The van der Waals surface area contributed by atoms with Crippen molar-refractivity contribution in [2.75, 3.05) is 0 Å². The zero-order chi connectivity index (χ0) is 12.6. The predicted octanol–water partition coefficient (Wildman–Crippen LogP) is 2.09. The fraction of sp³-hybridized carbons (Fsp3) is 0.250. The molecule has 1 aromatic carbocycles. The molecule has 0 bridgehead atoms. The number of hydrogen-bond acceptors (Lipinski definition) is 3. The number of hydrogen-bond donors (Lipinski definition) is 1. The van der Waals surface area contributed by atoms with Crippen LogP contribution in [-0.4, -0.2) is 8.42 Å². The van der Waals surface area contributed by atoms with Gasteiger partial charge in [0, 0.05) is 17.2 Å². The first-order valence-corrected chi connectivity index (χ1v) is 6.32. The molecule has 16 heavy (non-hydrogen) atoms. The molecule has 0 spiro atoms. The van der Waals surface area contributed by atoms with E-state index < -0.39 is 25.7 Å². The Kier molecular flexibility index (Phi) is 3.51. The minimum atomic E-state index is -4.79. The summed E-state index contributed by atoms with van der Waals surface area (Å²) >= 11 is 0. The van der Waals surface area contributed by atoms with Crippen LogP contribution in [0.1, 0.15) is 11.1 Å². The quantitative estimate of drug-likeness (QED) is 0.840. The van der Waals surface area contributed by atoms with Crippen molar-refractivity contribution in [1.29, 1.82) is 0 Å². The minimum Gasteiger partial charge on any atom is -0.326 e. The number of alkyl halides is 3. The first-order chi connectivity index (χ1) is 7.18. The van der Waals surface area contributed by atoms with Gasteiger partial charge in [-0.2, -0.15) is 13.2 Å². The first-order valence-electron chi connectivity index (χ1n) is 4.01. The van der Waals surface area contributed by atoms with E-state index in [0.29, 0.717) is 6.07 Å². The first kappa shape index (κ1) is 13.3. The van der Waals surface area contributed by atoms with Gasteiger partial charge in [0.2, 0.25) is 0 Å². The molecule has 1 rings (SSSR count). The van der Waals surface area contributed by atoms with Crippen molar-refractivity contribution in [3.05, 3.63) is 29.3 Å². The van der Waals surface area contributed by atoms with Gasteiger partial charge in [-0.25, -0.2) is 8.42 Å². The Hall–Kier alpha value is -0.790. The summed E-state index contributed by atoms with van der Waals surface area (Å²) in [5.74, 6) is 0. The van der Waals surface area contributed by atoms with E-state index >= 15 is 0 Å². The Labute approximate surface area is 94.4 Å². The molecule has 0 radical (unpaired) electrons. The predicted molar refractivity (Wildman–Crippen MR) is 52.4 cm³/mol. The van der Waals surface area contributed by atoms with Crippen LogP contribution in [0.15, 0.2) is 23.1 Å². The van der Waals surface area contributed by atoms with Gasteiger partial charge in [-0.1, -0.05) is 12.1 Å². The maximum Gasteiger partial charge on any atom is 0.417 e. The number of benzene rings is 1. The van der Waals surface area contributed by atoms with Crippen molar-refractivity contribution in [3.8, 4) is 0 Å². The van der Waals surface area contributed by atoms with Gasteiger partial charge in [0.15, 0.2) is 0 Å². The molecule has 0 aromatic heterocycles. The summed E-state index contributed by atoms with van der Waals surface area (Å²) in [5.41, 5.74) is 3.71. The molecule has 0 aliphatic rings. The number of halogens is 4. The molecular weight excluding hydrogens is 267 g/mol. The van der Waals surface area contributed by atoms with Crippen LogP contribution in [0.2, 0.25) is 0 Å². The Morgan fingerprint density at radius 3 is 2.25 bits per heavy atom. The van der Waals surface area contributed by atoms with Crippen LogP contribution in [-0.2, 0) is 21.8 Å². The van der Waals surface area contributed by atoms with Crippen molar-refractivity contribution in [2.45, 2.75) is 17.6 Å². The third-order valence-electron chi connectivity index (χ3n) is 1.87. The van der Waals surface area contributed by atoms with Crippen LogP contribution in [0.4, 0.5) is 13.2 Å². The van der Waals surface area contributed by atoms with E-state index in [4.69, 9.17) is 16.4 Å². The summed E-state index contributed by atoms with van der Waals surface area (Å²) in [6.07, 6.45) is -4.79. The second-order valence-electron chi connectivity index (χ2n) is 2.93. The molecule has 0 heterocycles. The zero-order valence-corrected chi connectivity index (χ0v) is 9.33. The summed E-state index contributed by atoms with van der Waals surface area (Å²) in [5, 5.41) is 0. The molecule has 0 aliphatic heterocycles. The summed E-state index contributed by atoms with van der Waals surface area (Å²) in [4.78, 5) is -0.966. The minimum absolute atomic E-state index is 0.162. The lowest BCUT2D eigenvalue weighted by atomic mass is 10.1. The van der Waals surface area contributed by atoms with Crippen LogP contribution in [0.5, 0.6) is 0 Å². The maximum atomic E-state index is 12.5. The normalized spacial score (nSPS) is 12.8. The second kappa shape index (κ2) is 4.23. The zero-order valence-electron chi connectivity index (χ0n) is 7.75. The highest BCUT2D eigenvalue weighted by Gasteiger charge is 2.37. The van der Waals surface area contributed by atoms with Crippen LogP contribution in [0.3, 0.4) is 0 Å². The topological polar surface area (TPSA) is 60.2 Å². The summed E-state index contributed by atoms with van der Waals surface area (Å²) in [7, 11) is 0.483. The Morgan fingerprint density at radius 1 is 1.31 bits per heavy atom. The molecule has 90 valence electrons. The summed E-state index contributed by atoms with van der Waals surface area (Å²) in [6.45, 7) is -0.342. The monoisotopic (exact) mass is 273 g/mol. The average molecular weight is 274 g/mol. The fourth-order valence-electron chi connectivity index (χ4n) is 1.26. The van der Waals surface area contributed by atoms with Crippen molar-refractivity contribution in [3.63, 3.8) is 0 Å². The van der Waals surface area contributed by atoms with Gasteiger partial charge in [-0.05, 0) is 11.6 Å². The molecule has 0 fully saturated rings. The molecule has 0 saturated carbocycles. The number of nitrogens with two attached hydrogens (primary N) is 1. The Morgan fingerprint density at radius 2 is 1.88 bits per heavy atom. The largest absolute Gasteiger partial charge is 0.417 e. The highest BCUT2D eigenvalue weighted by molar-refractivity contribution is 8.13. The van der Waals surface area contributed by atoms with E-state index in [9.17, 15) is 21.6 Å². The molecule has 0 atom stereocenters. The molecule has 0 saturated heterocycles. The van der Waals surface area contributed by atoms with Crippen molar-refractivity contribution in [1.82, 2.24) is 0 Å². The van der Waals surface area contributed by atoms with Gasteiger partial charge in [0.1, 0.15) is 0 Å². The Balaban J connectivity index is 3.65. The number of rotatable bonds is 2. The standard InChI is InChI=1S/C8H7ClF3NO2S/c9-16(14,15)7-5(4-13)2-1-3-6(7)8(10,11)12/h1-3H,4,13H2. The van der Waals surface area contributed by atoms with Crippen LogP contribution in [0, 0.1) is 0 Å². The highest BCUT2D eigenvalue weighted by Crippen LogP contribution is 2.36. The van der Waals surface area contributed by atoms with Crippen molar-refractivity contribution in [2.24, 2.45) is 5.73 Å². The lowest BCUT2D eigenvalue weighted by Gasteiger charge is -2.13. The van der Waals surface area contributed by atoms with E-state index in [-0.39, 0.29) is 12.1 Å². The van der Waals surface area contributed by atoms with Crippen LogP contribution in [0.25, 0.3) is 0 Å². The van der Waals surface area contributed by atoms with E-state index in [1.807, 2.05) is 0 Å². The smallest absolute Gasteiger partial charge is 0.326 e. The third kappa shape index (κ3) is 2.66. The van der Waals surface area contributed by atoms with Gasteiger partial charge in [-0.3, -0.25) is 0 Å². The molecule has 0 amide bonds. The molecule has 2 N–H and O–H groups in total. The molecular formula is C8H7ClF3NO2S. The summed E-state index contributed by atoms with van der Waals surface area (Å²) in [6, 6.07) is 2.91. The third-order valence-corrected chi connectivity index (χ3v) is 3.30. The molecule has 0 aliphatic carbocycles. The Bertz CT molecular complexity index is 498. The van der Waals surface area contributed by atoms with Gasteiger partial charge in [0.05, 0.1) is 10.5 Å². The van der Waals surface area contributed by atoms with Crippen LogP contribution >= 0.6 is 10.7 Å². The van der Waals surface area contributed by atoms with E-state index in [1.165, 1.54) is 6.07 Å². The highest BCUT2D eigenvalue weighted by atomic mass is 35.7. The van der Waals surface area contributed by atoms with Gasteiger partial charge >= 0.3 is 6.18 Å². The molecule has 8 heteroatoms. The maximum absolute atomic E-state index is 12.5. The molecule has 0 unspecified atom stereocenters. The van der Waals surface area contributed by atoms with E-state index in [0.717, 1.165) is 6.07 Å². The van der Waals surface area contributed by atoms with Crippen LogP contribution < -0.4 is 5.73 Å².